The molecule has 3 aromatic rings. The van der Waals surface area contributed by atoms with Gasteiger partial charge in [-0.2, -0.15) is 0 Å². The summed E-state index contributed by atoms with van der Waals surface area (Å²) in [5.74, 6) is -0.535. The van der Waals surface area contributed by atoms with Crippen molar-refractivity contribution < 1.29 is 18.0 Å². The number of hydrogen-bond acceptors (Lipinski definition) is 5. The highest BCUT2D eigenvalue weighted by molar-refractivity contribution is 7.90. The highest BCUT2D eigenvalue weighted by Crippen LogP contribution is 2.38. The molecule has 3 atom stereocenters. The molecule has 0 N–H and O–H groups in total. The largest absolute Gasteiger partial charge is 0.327 e. The number of rotatable bonds is 6. The SMILES string of the molecule is C[C@@H]1[C@H](c2ccccc2)N(C(=O)CC(c2ccc(S(C)(=O)=O)cc2)c2cccs2)C(=O)N1C. The summed E-state index contributed by atoms with van der Waals surface area (Å²) in [5.41, 5.74) is 1.75. The van der Waals surface area contributed by atoms with Crippen LogP contribution in [-0.2, 0) is 14.6 Å². The minimum absolute atomic E-state index is 0.106. The van der Waals surface area contributed by atoms with Crippen LogP contribution in [0, 0.1) is 0 Å². The summed E-state index contributed by atoms with van der Waals surface area (Å²) in [6, 6.07) is 19.3. The molecule has 2 heterocycles. The third-order valence-electron chi connectivity index (χ3n) is 6.24. The summed E-state index contributed by atoms with van der Waals surface area (Å²) in [5, 5.41) is 1.95. The summed E-state index contributed by atoms with van der Waals surface area (Å²) in [6.07, 6.45) is 1.27. The van der Waals surface area contributed by atoms with Crippen LogP contribution in [0.25, 0.3) is 0 Å². The van der Waals surface area contributed by atoms with Crippen molar-refractivity contribution in [2.24, 2.45) is 0 Å². The second-order valence-electron chi connectivity index (χ2n) is 8.37. The first-order chi connectivity index (χ1) is 15.7. The van der Waals surface area contributed by atoms with E-state index in [1.54, 1.807) is 36.2 Å². The lowest BCUT2D eigenvalue weighted by molar-refractivity contribution is -0.129. The molecule has 172 valence electrons. The lowest BCUT2D eigenvalue weighted by Gasteiger charge is -2.26. The maximum atomic E-state index is 13.6. The molecule has 0 spiro atoms. The van der Waals surface area contributed by atoms with Gasteiger partial charge in [-0.3, -0.25) is 9.69 Å². The van der Waals surface area contributed by atoms with Crippen LogP contribution in [-0.4, -0.2) is 49.5 Å². The van der Waals surface area contributed by atoms with Crippen molar-refractivity contribution in [3.05, 3.63) is 88.1 Å². The van der Waals surface area contributed by atoms with Gasteiger partial charge in [-0.1, -0.05) is 48.5 Å². The first-order valence-corrected chi connectivity index (χ1v) is 13.4. The predicted octanol–water partition coefficient (Wildman–Crippen LogP) is 4.70. The van der Waals surface area contributed by atoms with Crippen molar-refractivity contribution in [1.29, 1.82) is 0 Å². The van der Waals surface area contributed by atoms with E-state index >= 15 is 0 Å². The van der Waals surface area contributed by atoms with Crippen LogP contribution in [0.4, 0.5) is 4.79 Å². The van der Waals surface area contributed by atoms with Crippen LogP contribution in [0.5, 0.6) is 0 Å². The maximum Gasteiger partial charge on any atom is 0.327 e. The van der Waals surface area contributed by atoms with Gasteiger partial charge in [0.2, 0.25) is 5.91 Å². The third-order valence-corrected chi connectivity index (χ3v) is 8.35. The van der Waals surface area contributed by atoms with E-state index < -0.39 is 9.84 Å². The molecule has 0 aliphatic carbocycles. The lowest BCUT2D eigenvalue weighted by Crippen LogP contribution is -2.37. The molecule has 1 aromatic heterocycles. The second kappa shape index (κ2) is 9.11. The molecule has 6 nitrogen and oxygen atoms in total. The molecule has 3 amide bonds. The van der Waals surface area contributed by atoms with Crippen molar-refractivity contribution in [3.8, 4) is 0 Å². The molecule has 1 saturated heterocycles. The Hall–Kier alpha value is -2.97. The number of nitrogens with zero attached hydrogens (tertiary/aromatic N) is 2. The fraction of sp³-hybridized carbons (Fsp3) is 0.280. The van der Waals surface area contributed by atoms with Crippen molar-refractivity contribution in [1.82, 2.24) is 9.80 Å². The fourth-order valence-electron chi connectivity index (χ4n) is 4.32. The molecule has 0 radical (unpaired) electrons. The Morgan fingerprint density at radius 1 is 1.03 bits per heavy atom. The second-order valence-corrected chi connectivity index (χ2v) is 11.4. The van der Waals surface area contributed by atoms with Crippen LogP contribution in [0.15, 0.2) is 77.0 Å². The Morgan fingerprint density at radius 3 is 2.27 bits per heavy atom. The molecular weight excluding hydrogens is 456 g/mol. The standard InChI is InChI=1S/C25H26N2O4S2/c1-17-24(19-8-5-4-6-9-19)27(25(29)26(17)2)23(28)16-21(22-10-7-15-32-22)18-11-13-20(14-12-18)33(3,30)31/h4-15,17,21,24H,16H2,1-3H3/t17-,21?,24-/m1/s1. The first kappa shape index (κ1) is 23.2. The van der Waals surface area contributed by atoms with Gasteiger partial charge in [-0.15, -0.1) is 11.3 Å². The average molecular weight is 483 g/mol. The zero-order valence-electron chi connectivity index (χ0n) is 18.7. The zero-order valence-corrected chi connectivity index (χ0v) is 20.3. The summed E-state index contributed by atoms with van der Waals surface area (Å²) in [4.78, 5) is 30.9. The highest BCUT2D eigenvalue weighted by atomic mass is 32.2. The van der Waals surface area contributed by atoms with Crippen molar-refractivity contribution in [3.63, 3.8) is 0 Å². The topological polar surface area (TPSA) is 74.8 Å². The molecular formula is C25H26N2O4S2. The number of amides is 3. The van der Waals surface area contributed by atoms with Crippen LogP contribution >= 0.6 is 11.3 Å². The van der Waals surface area contributed by atoms with Crippen molar-refractivity contribution in [2.45, 2.75) is 36.2 Å². The van der Waals surface area contributed by atoms with E-state index in [0.29, 0.717) is 0 Å². The molecule has 1 unspecified atom stereocenters. The van der Waals surface area contributed by atoms with Gasteiger partial charge < -0.3 is 4.90 Å². The first-order valence-electron chi connectivity index (χ1n) is 10.7. The quantitative estimate of drug-likeness (QED) is 0.511. The van der Waals surface area contributed by atoms with Gasteiger partial charge in [0.15, 0.2) is 9.84 Å². The molecule has 4 rings (SSSR count). The number of hydrogen-bond donors (Lipinski definition) is 0. The van der Waals surface area contributed by atoms with Crippen molar-refractivity contribution in [2.75, 3.05) is 13.3 Å². The Bertz CT molecular complexity index is 1240. The van der Waals surface area contributed by atoms with E-state index in [2.05, 4.69) is 0 Å². The summed E-state index contributed by atoms with van der Waals surface area (Å²) >= 11 is 1.53. The van der Waals surface area contributed by atoms with Gasteiger partial charge in [0.1, 0.15) is 0 Å². The number of imide groups is 1. The Balaban J connectivity index is 1.67. The molecule has 0 bridgehead atoms. The number of carbonyl (C=O) groups excluding carboxylic acids is 2. The number of likely N-dealkylation sites (N-methyl/N-ethyl adjacent to an activating group) is 1. The van der Waals surface area contributed by atoms with Crippen LogP contribution in [0.2, 0.25) is 0 Å². The molecule has 1 aliphatic heterocycles. The molecule has 0 saturated carbocycles. The van der Waals surface area contributed by atoms with Gasteiger partial charge in [0.05, 0.1) is 17.0 Å². The van der Waals surface area contributed by atoms with E-state index in [1.165, 1.54) is 22.5 Å². The summed E-state index contributed by atoms with van der Waals surface area (Å²) < 4.78 is 23.7. The summed E-state index contributed by atoms with van der Waals surface area (Å²) in [6.45, 7) is 1.95. The molecule has 1 aliphatic rings. The normalized spacial score (nSPS) is 19.7. The fourth-order valence-corrected chi connectivity index (χ4v) is 5.81. The van der Waals surface area contributed by atoms with Crippen LogP contribution in [0.1, 0.15) is 41.3 Å². The maximum absolute atomic E-state index is 13.6. The highest BCUT2D eigenvalue weighted by Gasteiger charge is 2.45. The molecule has 8 heteroatoms. The van der Waals surface area contributed by atoms with E-state index in [-0.39, 0.29) is 41.3 Å². The van der Waals surface area contributed by atoms with E-state index in [4.69, 9.17) is 0 Å². The predicted molar refractivity (Wildman–Crippen MR) is 129 cm³/mol. The summed E-state index contributed by atoms with van der Waals surface area (Å²) in [7, 11) is -1.60. The number of carbonyl (C=O) groups is 2. The number of thiophene rings is 1. The van der Waals surface area contributed by atoms with E-state index in [0.717, 1.165) is 16.0 Å². The molecule has 2 aromatic carbocycles. The van der Waals surface area contributed by atoms with Gasteiger partial charge >= 0.3 is 6.03 Å². The van der Waals surface area contributed by atoms with Gasteiger partial charge in [-0.25, -0.2) is 13.2 Å². The van der Waals surface area contributed by atoms with E-state index in [9.17, 15) is 18.0 Å². The van der Waals surface area contributed by atoms with Crippen molar-refractivity contribution >= 4 is 33.1 Å². The Kier molecular flexibility index (Phi) is 6.41. The lowest BCUT2D eigenvalue weighted by atomic mass is 9.92. The third kappa shape index (κ3) is 4.58. The van der Waals surface area contributed by atoms with Crippen LogP contribution < -0.4 is 0 Å². The number of sulfone groups is 1. The molecule has 33 heavy (non-hydrogen) atoms. The van der Waals surface area contributed by atoms with Crippen LogP contribution in [0.3, 0.4) is 0 Å². The Morgan fingerprint density at radius 2 is 1.70 bits per heavy atom. The zero-order chi connectivity index (χ0) is 23.8. The Labute approximate surface area is 198 Å². The monoisotopic (exact) mass is 482 g/mol. The van der Waals surface area contributed by atoms with Gasteiger partial charge in [0.25, 0.3) is 0 Å². The number of urea groups is 1. The smallest absolute Gasteiger partial charge is 0.322 e. The van der Waals surface area contributed by atoms with Gasteiger partial charge in [-0.05, 0) is 41.6 Å². The van der Waals surface area contributed by atoms with Gasteiger partial charge in [0, 0.05) is 30.5 Å². The average Bonchev–Trinajstić information content (AvgIpc) is 3.41. The minimum atomic E-state index is -3.32. The number of benzene rings is 2. The molecule has 1 fully saturated rings. The minimum Gasteiger partial charge on any atom is -0.322 e. The van der Waals surface area contributed by atoms with E-state index in [1.807, 2.05) is 54.8 Å².